The minimum absolute atomic E-state index is 0.0280. The lowest BCUT2D eigenvalue weighted by Crippen LogP contribution is -2.10. The van der Waals surface area contributed by atoms with Crippen molar-refractivity contribution in [2.24, 2.45) is 0 Å². The van der Waals surface area contributed by atoms with Crippen molar-refractivity contribution in [1.29, 1.82) is 0 Å². The molecule has 3 rings (SSSR count). The van der Waals surface area contributed by atoms with Crippen LogP contribution in [-0.4, -0.2) is 41.6 Å². The summed E-state index contributed by atoms with van der Waals surface area (Å²) in [7, 11) is 5.53. The second-order valence-corrected chi connectivity index (χ2v) is 6.85. The maximum atomic E-state index is 10.4. The minimum Gasteiger partial charge on any atom is -0.508 e. The first-order valence-corrected chi connectivity index (χ1v) is 9.00. The summed E-state index contributed by atoms with van der Waals surface area (Å²) in [5.74, 6) is 0.768. The Bertz CT molecular complexity index is 983. The molecule has 0 saturated carbocycles. The molecule has 2 aromatic carbocycles. The highest BCUT2D eigenvalue weighted by Crippen LogP contribution is 2.42. The summed E-state index contributed by atoms with van der Waals surface area (Å²) < 4.78 is 5.53. The van der Waals surface area contributed by atoms with Crippen LogP contribution < -0.4 is 9.64 Å². The summed E-state index contributed by atoms with van der Waals surface area (Å²) in [5, 5.41) is 28.1. The Balaban J connectivity index is 2.20. The molecule has 3 aromatic rings. The van der Waals surface area contributed by atoms with Crippen molar-refractivity contribution < 1.29 is 14.9 Å². The number of ether oxygens (including phenoxy) is 1. The van der Waals surface area contributed by atoms with Gasteiger partial charge in [0.25, 0.3) is 0 Å². The van der Waals surface area contributed by atoms with Gasteiger partial charge in [-0.05, 0) is 35.7 Å². The molecule has 0 bridgehead atoms. The number of hydrogen-bond donors (Lipinski definition) is 4. The van der Waals surface area contributed by atoms with E-state index < -0.39 is 0 Å². The molecule has 0 amide bonds. The Morgan fingerprint density at radius 3 is 2.52 bits per heavy atom. The zero-order valence-corrected chi connectivity index (χ0v) is 16.6. The van der Waals surface area contributed by atoms with Crippen molar-refractivity contribution in [2.45, 2.75) is 18.4 Å². The molecule has 27 heavy (non-hydrogen) atoms. The maximum absolute atomic E-state index is 10.4. The molecule has 0 aliphatic carbocycles. The van der Waals surface area contributed by atoms with Gasteiger partial charge in [-0.2, -0.15) is 5.10 Å². The molecule has 1 heterocycles. The molecule has 142 valence electrons. The Morgan fingerprint density at radius 1 is 1.15 bits per heavy atom. The van der Waals surface area contributed by atoms with Gasteiger partial charge < -0.3 is 19.8 Å². The number of phenolic OH excluding ortho intramolecular Hbond substituents is 2. The number of aromatic amines is 1. The Morgan fingerprint density at radius 2 is 1.89 bits per heavy atom. The lowest BCUT2D eigenvalue weighted by atomic mass is 9.98. The third-order valence-electron chi connectivity index (χ3n) is 4.54. The van der Waals surface area contributed by atoms with Crippen LogP contribution >= 0.6 is 12.6 Å². The number of anilines is 1. The first-order chi connectivity index (χ1) is 12.9. The third kappa shape index (κ3) is 3.42. The molecule has 0 spiro atoms. The zero-order valence-electron chi connectivity index (χ0n) is 15.7. The van der Waals surface area contributed by atoms with Crippen molar-refractivity contribution in [3.8, 4) is 39.6 Å². The van der Waals surface area contributed by atoms with Crippen LogP contribution in [0.3, 0.4) is 0 Å². The second-order valence-electron chi connectivity index (χ2n) is 6.43. The number of H-pyrrole nitrogens is 1. The molecule has 0 atom stereocenters. The van der Waals surface area contributed by atoms with Gasteiger partial charge in [-0.1, -0.05) is 13.0 Å². The number of nitrogens with one attached hydrogen (secondary N) is 1. The fourth-order valence-electron chi connectivity index (χ4n) is 3.11. The minimum atomic E-state index is -0.0280. The summed E-state index contributed by atoms with van der Waals surface area (Å²) in [6, 6.07) is 8.96. The van der Waals surface area contributed by atoms with Gasteiger partial charge in [-0.15, -0.1) is 12.6 Å². The third-order valence-corrected chi connectivity index (χ3v) is 4.87. The molecular formula is C20H23N3O3S. The lowest BCUT2D eigenvalue weighted by Gasteiger charge is -2.18. The standard InChI is InChI=1S/C20H23N3O3S/c1-5-11-8-13(16(25)10-15(11)24)19-18(20(27)22-21-19)12-6-7-14(23(2)3)17(9-12)26-4/h6-10,24-25H,5H2,1-4H3,(H2,21,22,27). The number of aromatic hydroxyl groups is 2. The van der Waals surface area contributed by atoms with Crippen LogP contribution in [0.1, 0.15) is 12.5 Å². The van der Waals surface area contributed by atoms with Crippen LogP contribution in [0.15, 0.2) is 35.4 Å². The van der Waals surface area contributed by atoms with Gasteiger partial charge in [-0.3, -0.25) is 5.10 Å². The molecule has 3 N–H and O–H groups in total. The monoisotopic (exact) mass is 385 g/mol. The van der Waals surface area contributed by atoms with Gasteiger partial charge >= 0.3 is 0 Å². The van der Waals surface area contributed by atoms with E-state index >= 15 is 0 Å². The number of benzene rings is 2. The molecule has 1 aromatic heterocycles. The predicted octanol–water partition coefficient (Wildman–Crippen LogP) is 4.08. The smallest absolute Gasteiger partial charge is 0.142 e. The van der Waals surface area contributed by atoms with Gasteiger partial charge in [0.15, 0.2) is 0 Å². The molecule has 0 radical (unpaired) electrons. The van der Waals surface area contributed by atoms with Crippen LogP contribution in [0.5, 0.6) is 17.2 Å². The highest BCUT2D eigenvalue weighted by Gasteiger charge is 2.20. The topological polar surface area (TPSA) is 81.6 Å². The van der Waals surface area contributed by atoms with Crippen LogP contribution in [0.4, 0.5) is 5.69 Å². The van der Waals surface area contributed by atoms with Crippen LogP contribution in [0.2, 0.25) is 0 Å². The van der Waals surface area contributed by atoms with Crippen molar-refractivity contribution in [3.63, 3.8) is 0 Å². The summed E-state index contributed by atoms with van der Waals surface area (Å²) >= 11 is 4.49. The van der Waals surface area contributed by atoms with E-state index in [2.05, 4.69) is 22.8 Å². The molecule has 0 saturated heterocycles. The van der Waals surface area contributed by atoms with Crippen LogP contribution in [0.25, 0.3) is 22.4 Å². The quantitative estimate of drug-likeness (QED) is 0.498. The largest absolute Gasteiger partial charge is 0.508 e. The van der Waals surface area contributed by atoms with Crippen LogP contribution in [-0.2, 0) is 6.42 Å². The Hall–Kier alpha value is -2.80. The van der Waals surface area contributed by atoms with Crippen molar-refractivity contribution in [1.82, 2.24) is 10.2 Å². The average molecular weight is 385 g/mol. The fraction of sp³-hybridized carbons (Fsp3) is 0.250. The molecule has 7 heteroatoms. The van der Waals surface area contributed by atoms with E-state index in [0.29, 0.717) is 22.7 Å². The number of thiol groups is 1. The zero-order chi connectivity index (χ0) is 19.7. The van der Waals surface area contributed by atoms with E-state index in [1.54, 1.807) is 13.2 Å². The molecule has 0 aliphatic heterocycles. The average Bonchev–Trinajstić information content (AvgIpc) is 3.02. The summed E-state index contributed by atoms with van der Waals surface area (Å²) in [5.41, 5.74) is 4.49. The number of phenols is 2. The highest BCUT2D eigenvalue weighted by atomic mass is 32.1. The van der Waals surface area contributed by atoms with Gasteiger partial charge in [0.1, 0.15) is 22.3 Å². The number of aromatic nitrogens is 2. The van der Waals surface area contributed by atoms with Crippen molar-refractivity contribution in [3.05, 3.63) is 35.9 Å². The number of nitrogens with zero attached hydrogens (tertiary/aromatic N) is 2. The molecule has 0 aliphatic rings. The van der Waals surface area contributed by atoms with E-state index in [1.165, 1.54) is 6.07 Å². The first-order valence-electron chi connectivity index (χ1n) is 8.55. The Labute approximate surface area is 163 Å². The molecule has 0 fully saturated rings. The van der Waals surface area contributed by atoms with Crippen molar-refractivity contribution in [2.75, 3.05) is 26.1 Å². The first kappa shape index (κ1) is 19.0. The molecule has 0 unspecified atom stereocenters. The fourth-order valence-corrected chi connectivity index (χ4v) is 3.40. The maximum Gasteiger partial charge on any atom is 0.142 e. The summed E-state index contributed by atoms with van der Waals surface area (Å²) in [6.45, 7) is 1.94. The van der Waals surface area contributed by atoms with Gasteiger partial charge in [-0.25, -0.2) is 0 Å². The number of hydrogen-bond acceptors (Lipinski definition) is 6. The number of aryl methyl sites for hydroxylation is 1. The van der Waals surface area contributed by atoms with Gasteiger partial charge in [0.2, 0.25) is 0 Å². The lowest BCUT2D eigenvalue weighted by molar-refractivity contribution is 0.415. The summed E-state index contributed by atoms with van der Waals surface area (Å²) in [4.78, 5) is 1.97. The van der Waals surface area contributed by atoms with Gasteiger partial charge in [0, 0.05) is 31.3 Å². The summed E-state index contributed by atoms with van der Waals surface area (Å²) in [6.07, 6.45) is 0.641. The number of methoxy groups -OCH3 is 1. The van der Waals surface area contributed by atoms with E-state index in [-0.39, 0.29) is 11.5 Å². The normalized spacial score (nSPS) is 10.9. The van der Waals surface area contributed by atoms with Crippen molar-refractivity contribution >= 4 is 18.3 Å². The van der Waals surface area contributed by atoms with E-state index in [9.17, 15) is 10.2 Å². The highest BCUT2D eigenvalue weighted by molar-refractivity contribution is 7.80. The van der Waals surface area contributed by atoms with Crippen LogP contribution in [0, 0.1) is 0 Å². The predicted molar refractivity (Wildman–Crippen MR) is 110 cm³/mol. The van der Waals surface area contributed by atoms with E-state index in [1.807, 2.05) is 44.1 Å². The second kappa shape index (κ2) is 7.44. The van der Waals surface area contributed by atoms with E-state index in [0.717, 1.165) is 28.1 Å². The van der Waals surface area contributed by atoms with Gasteiger partial charge in [0.05, 0.1) is 18.5 Å². The molecule has 6 nitrogen and oxygen atoms in total. The van der Waals surface area contributed by atoms with E-state index in [4.69, 9.17) is 4.74 Å². The SMILES string of the molecule is CCc1cc(-c2[nH]nc(S)c2-c2ccc(N(C)C)c(OC)c2)c(O)cc1O. The molecular weight excluding hydrogens is 362 g/mol. The Kier molecular flexibility index (Phi) is 5.23. The number of rotatable bonds is 5.